The number of aliphatic hydroxyl groups excluding tert-OH is 1. The Morgan fingerprint density at radius 3 is 2.46 bits per heavy atom. The molecular formula is C29H39FO7. The molecule has 204 valence electrons. The van der Waals surface area contributed by atoms with Gasteiger partial charge in [0.2, 0.25) is 5.78 Å². The Morgan fingerprint density at radius 1 is 1.16 bits per heavy atom. The zero-order chi connectivity index (χ0) is 27.6. The fraction of sp³-hybridized carbons (Fsp3) is 0.724. The van der Waals surface area contributed by atoms with Crippen molar-refractivity contribution in [3.63, 3.8) is 0 Å². The quantitative estimate of drug-likeness (QED) is 0.529. The van der Waals surface area contributed by atoms with Crippen LogP contribution < -0.4 is 0 Å². The van der Waals surface area contributed by atoms with Gasteiger partial charge in [-0.3, -0.25) is 19.2 Å². The van der Waals surface area contributed by atoms with Crippen LogP contribution in [0.1, 0.15) is 73.6 Å². The van der Waals surface area contributed by atoms with Crippen molar-refractivity contribution in [2.24, 2.45) is 34.5 Å². The van der Waals surface area contributed by atoms with Gasteiger partial charge < -0.3 is 14.6 Å². The van der Waals surface area contributed by atoms with Crippen molar-refractivity contribution in [3.05, 3.63) is 23.8 Å². The molecule has 0 radical (unpaired) electrons. The number of esters is 2. The molecule has 0 saturated heterocycles. The van der Waals surface area contributed by atoms with Gasteiger partial charge in [0.05, 0.1) is 6.10 Å². The van der Waals surface area contributed by atoms with Crippen molar-refractivity contribution in [1.82, 2.24) is 0 Å². The van der Waals surface area contributed by atoms with Crippen molar-refractivity contribution in [1.29, 1.82) is 0 Å². The number of carbonyl (C=O) groups excluding carboxylic acids is 4. The second-order valence-electron chi connectivity index (χ2n) is 12.1. The van der Waals surface area contributed by atoms with E-state index in [1.54, 1.807) is 13.0 Å². The first-order chi connectivity index (χ1) is 17.2. The molecule has 8 heteroatoms. The molecule has 3 fully saturated rings. The molecule has 0 aromatic heterocycles. The summed E-state index contributed by atoms with van der Waals surface area (Å²) in [7, 11) is 0. The number of halogens is 1. The second kappa shape index (κ2) is 9.14. The summed E-state index contributed by atoms with van der Waals surface area (Å²) in [5, 5.41) is 11.6. The molecular weight excluding hydrogens is 479 g/mol. The number of alkyl halides is 1. The lowest BCUT2D eigenvalue weighted by Gasteiger charge is -2.63. The van der Waals surface area contributed by atoms with Crippen LogP contribution in [-0.4, -0.2) is 52.6 Å². The molecule has 0 heterocycles. The largest absolute Gasteiger partial charge is 0.458 e. The Morgan fingerprint density at radius 2 is 1.84 bits per heavy atom. The van der Waals surface area contributed by atoms with Crippen molar-refractivity contribution in [2.45, 2.75) is 91.0 Å². The maximum absolute atomic E-state index is 17.5. The Kier molecular flexibility index (Phi) is 6.84. The lowest BCUT2D eigenvalue weighted by atomic mass is 9.43. The first-order valence-electron chi connectivity index (χ1n) is 13.4. The van der Waals surface area contributed by atoms with Gasteiger partial charge in [0.25, 0.3) is 0 Å². The van der Waals surface area contributed by atoms with E-state index in [2.05, 4.69) is 0 Å². The lowest BCUT2D eigenvalue weighted by molar-refractivity contribution is -0.231. The van der Waals surface area contributed by atoms with Crippen LogP contribution >= 0.6 is 0 Å². The summed E-state index contributed by atoms with van der Waals surface area (Å²) in [6, 6.07) is 0. The summed E-state index contributed by atoms with van der Waals surface area (Å²) < 4.78 is 28.7. The third-order valence-corrected chi connectivity index (χ3v) is 10.1. The first-order valence-corrected chi connectivity index (χ1v) is 13.4. The highest BCUT2D eigenvalue weighted by Gasteiger charge is 2.77. The molecule has 4 aliphatic rings. The van der Waals surface area contributed by atoms with E-state index in [4.69, 9.17) is 9.47 Å². The van der Waals surface area contributed by atoms with Crippen LogP contribution in [0.2, 0.25) is 0 Å². The Labute approximate surface area is 217 Å². The van der Waals surface area contributed by atoms with Gasteiger partial charge in [-0.2, -0.15) is 0 Å². The summed E-state index contributed by atoms with van der Waals surface area (Å²) in [4.78, 5) is 50.4. The molecule has 7 nitrogen and oxygen atoms in total. The van der Waals surface area contributed by atoms with E-state index in [0.717, 1.165) is 0 Å². The van der Waals surface area contributed by atoms with Crippen LogP contribution in [0, 0.1) is 34.5 Å². The van der Waals surface area contributed by atoms with Gasteiger partial charge in [0.1, 0.15) is 0 Å². The maximum Gasteiger partial charge on any atom is 0.306 e. The monoisotopic (exact) mass is 518 g/mol. The van der Waals surface area contributed by atoms with Crippen molar-refractivity contribution in [3.8, 4) is 0 Å². The Balaban J connectivity index is 1.84. The zero-order valence-corrected chi connectivity index (χ0v) is 22.6. The number of hydrogen-bond donors (Lipinski definition) is 1. The lowest BCUT2D eigenvalue weighted by Crippen LogP contribution is -2.70. The van der Waals surface area contributed by atoms with E-state index >= 15 is 4.39 Å². The summed E-state index contributed by atoms with van der Waals surface area (Å²) >= 11 is 0. The average Bonchev–Trinajstić information content (AvgIpc) is 3.03. The minimum Gasteiger partial charge on any atom is -0.458 e. The molecule has 0 amide bonds. The number of allylic oxidation sites excluding steroid dienone is 4. The maximum atomic E-state index is 17.5. The molecule has 1 N–H and O–H groups in total. The van der Waals surface area contributed by atoms with E-state index in [-0.39, 0.29) is 24.5 Å². The van der Waals surface area contributed by atoms with Crippen molar-refractivity contribution in [2.75, 3.05) is 6.61 Å². The molecule has 4 rings (SSSR count). The Bertz CT molecular complexity index is 1080. The highest BCUT2D eigenvalue weighted by molar-refractivity contribution is 6.01. The van der Waals surface area contributed by atoms with Crippen molar-refractivity contribution >= 4 is 23.5 Å². The van der Waals surface area contributed by atoms with Crippen LogP contribution in [-0.2, 0) is 28.7 Å². The zero-order valence-electron chi connectivity index (χ0n) is 22.6. The van der Waals surface area contributed by atoms with Gasteiger partial charge in [0.15, 0.2) is 23.7 Å². The molecule has 0 unspecified atom stereocenters. The minimum absolute atomic E-state index is 0.108. The molecule has 37 heavy (non-hydrogen) atoms. The van der Waals surface area contributed by atoms with Crippen LogP contribution in [0.5, 0.6) is 0 Å². The molecule has 0 aliphatic heterocycles. The number of hydrogen-bond acceptors (Lipinski definition) is 7. The van der Waals surface area contributed by atoms with E-state index in [1.807, 2.05) is 27.7 Å². The number of rotatable bonds is 6. The molecule has 0 spiro atoms. The second-order valence-corrected chi connectivity index (χ2v) is 12.1. The van der Waals surface area contributed by atoms with Gasteiger partial charge in [-0.25, -0.2) is 4.39 Å². The van der Waals surface area contributed by atoms with Gasteiger partial charge >= 0.3 is 11.9 Å². The average molecular weight is 519 g/mol. The highest BCUT2D eigenvalue weighted by Crippen LogP contribution is 2.72. The third-order valence-electron chi connectivity index (χ3n) is 10.1. The third kappa shape index (κ3) is 3.68. The number of aliphatic hydroxyl groups is 1. The summed E-state index contributed by atoms with van der Waals surface area (Å²) in [6.07, 6.45) is 4.31. The Hall–Kier alpha value is -2.35. The predicted octanol–water partition coefficient (Wildman–Crippen LogP) is 4.06. The summed E-state index contributed by atoms with van der Waals surface area (Å²) in [5.41, 5.74) is -5.33. The van der Waals surface area contributed by atoms with Gasteiger partial charge in [-0.1, -0.05) is 39.3 Å². The van der Waals surface area contributed by atoms with E-state index in [9.17, 15) is 24.3 Å². The molecule has 0 aromatic rings. The SMILES string of the molecule is CCCC(=O)O[C@]1(C(=O)COC(C)=O)[C@H](C)C[C@H]2[C@@H]3C[C@H](C)C4=CC(=O)C=C[C@]4(C)[C@@]3(F)[C@@H](O)C[C@@]21C. The summed E-state index contributed by atoms with van der Waals surface area (Å²) in [5.74, 6) is -3.54. The predicted molar refractivity (Wildman–Crippen MR) is 133 cm³/mol. The smallest absolute Gasteiger partial charge is 0.306 e. The molecule has 0 aromatic carbocycles. The normalized spacial score (nSPS) is 44.3. The fourth-order valence-electron chi connectivity index (χ4n) is 8.50. The molecule has 0 bridgehead atoms. The number of Topliss-reactive ketones (excluding diaryl/α,β-unsaturated/α-hetero) is 1. The van der Waals surface area contributed by atoms with E-state index in [0.29, 0.717) is 24.8 Å². The number of fused-ring (bicyclic) bond motifs is 5. The number of ether oxygens (including phenoxy) is 2. The van der Waals surface area contributed by atoms with Crippen LogP contribution in [0.3, 0.4) is 0 Å². The standard InChI is InChI=1S/C29H39FO7/c1-7-8-25(35)37-29(24(34)15-36-18(4)31)17(3)12-21-22-11-16(2)20-13-19(32)9-10-26(20,5)28(22,30)23(33)14-27(21,29)6/h9-10,13,16-17,21-23,33H,7-8,11-12,14-15H2,1-6H3/t16-,17+,21-,22-,23-,26-,27-,28-,29-/m0/s1. The van der Waals surface area contributed by atoms with Crippen molar-refractivity contribution < 1.29 is 38.1 Å². The summed E-state index contributed by atoms with van der Waals surface area (Å²) in [6.45, 7) is 9.81. The highest BCUT2D eigenvalue weighted by atomic mass is 19.1. The molecule has 3 saturated carbocycles. The number of ketones is 2. The fourth-order valence-corrected chi connectivity index (χ4v) is 8.50. The van der Waals surface area contributed by atoms with E-state index < -0.39 is 70.3 Å². The topological polar surface area (TPSA) is 107 Å². The molecule has 9 atom stereocenters. The number of carbonyl (C=O) groups is 4. The van der Waals surface area contributed by atoms with Crippen LogP contribution in [0.25, 0.3) is 0 Å². The van der Waals surface area contributed by atoms with Crippen LogP contribution in [0.15, 0.2) is 23.8 Å². The van der Waals surface area contributed by atoms with Gasteiger partial charge in [-0.05, 0) is 56.6 Å². The van der Waals surface area contributed by atoms with Gasteiger partial charge in [0, 0.05) is 36.0 Å². The minimum atomic E-state index is -2.07. The first kappa shape index (κ1) is 27.7. The molecule has 4 aliphatic carbocycles. The van der Waals surface area contributed by atoms with E-state index in [1.165, 1.54) is 19.1 Å². The van der Waals surface area contributed by atoms with Gasteiger partial charge in [-0.15, -0.1) is 0 Å². The van der Waals surface area contributed by atoms with Crippen LogP contribution in [0.4, 0.5) is 4.39 Å².